The van der Waals surface area contributed by atoms with Crippen LogP contribution in [0.4, 0.5) is 0 Å². The van der Waals surface area contributed by atoms with Gasteiger partial charge in [0.25, 0.3) is 0 Å². The Labute approximate surface area is 149 Å². The van der Waals surface area contributed by atoms with Crippen LogP contribution < -0.4 is 0 Å². The van der Waals surface area contributed by atoms with Crippen LogP contribution in [0.5, 0.6) is 0 Å². The van der Waals surface area contributed by atoms with Crippen molar-refractivity contribution in [3.05, 3.63) is 43.4 Å². The third-order valence-electron chi connectivity index (χ3n) is 3.41. The maximum absolute atomic E-state index is 6.17. The van der Waals surface area contributed by atoms with E-state index in [4.69, 9.17) is 47.0 Å². The number of rotatable bonds is 5. The summed E-state index contributed by atoms with van der Waals surface area (Å²) in [4.78, 5) is 0. The number of halogens is 3. The number of hydrogen-bond donors (Lipinski definition) is 1. The lowest BCUT2D eigenvalue weighted by molar-refractivity contribution is 0.571. The molecule has 0 saturated heterocycles. The van der Waals surface area contributed by atoms with Crippen LogP contribution in [-0.2, 0) is 0 Å². The molecular weight excluding hydrogens is 363 g/mol. The van der Waals surface area contributed by atoms with E-state index in [0.29, 0.717) is 25.4 Å². The highest BCUT2D eigenvalue weighted by Crippen LogP contribution is 2.30. The standard InChI is InChI=1S/C14H15Cl3N4S/c1-3-8(4-2)13-19-20-14(22)21(13)18-7-9-10(15)5-6-11(16)12(9)17/h5-8H,3-4H2,1-2H3,(H,20,22)/b18-7-. The van der Waals surface area contributed by atoms with Gasteiger partial charge in [-0.05, 0) is 37.2 Å². The summed E-state index contributed by atoms with van der Waals surface area (Å²) in [6.45, 7) is 4.20. The molecule has 0 atom stereocenters. The second kappa shape index (κ2) is 7.59. The summed E-state index contributed by atoms with van der Waals surface area (Å²) >= 11 is 23.6. The maximum atomic E-state index is 6.17. The monoisotopic (exact) mass is 376 g/mol. The molecule has 0 fully saturated rings. The summed E-state index contributed by atoms with van der Waals surface area (Å²) in [5.41, 5.74) is 0.550. The molecule has 1 heterocycles. The predicted octanol–water partition coefficient (Wildman–Crippen LogP) is 5.69. The van der Waals surface area contributed by atoms with Gasteiger partial charge in [0.1, 0.15) is 0 Å². The Morgan fingerprint density at radius 2 is 1.91 bits per heavy atom. The van der Waals surface area contributed by atoms with Gasteiger partial charge >= 0.3 is 0 Å². The quantitative estimate of drug-likeness (QED) is 0.413. The number of aromatic amines is 1. The van der Waals surface area contributed by atoms with E-state index in [-0.39, 0.29) is 5.92 Å². The molecule has 0 amide bonds. The van der Waals surface area contributed by atoms with Crippen molar-refractivity contribution in [3.63, 3.8) is 0 Å². The van der Waals surface area contributed by atoms with Gasteiger partial charge in [0.2, 0.25) is 4.77 Å². The minimum Gasteiger partial charge on any atom is -0.250 e. The van der Waals surface area contributed by atoms with Crippen LogP contribution in [-0.4, -0.2) is 21.1 Å². The number of benzene rings is 1. The molecule has 4 nitrogen and oxygen atoms in total. The third-order valence-corrected chi connectivity index (χ3v) is 4.82. The zero-order valence-electron chi connectivity index (χ0n) is 12.1. The molecule has 0 saturated carbocycles. The van der Waals surface area contributed by atoms with Crippen molar-refractivity contribution in [1.82, 2.24) is 14.9 Å². The highest BCUT2D eigenvalue weighted by Gasteiger charge is 2.15. The van der Waals surface area contributed by atoms with Gasteiger partial charge in [-0.15, -0.1) is 0 Å². The maximum Gasteiger partial charge on any atom is 0.216 e. The van der Waals surface area contributed by atoms with E-state index in [1.165, 1.54) is 0 Å². The largest absolute Gasteiger partial charge is 0.250 e. The molecule has 1 aromatic heterocycles. The molecule has 0 radical (unpaired) electrons. The Morgan fingerprint density at radius 3 is 2.55 bits per heavy atom. The van der Waals surface area contributed by atoms with Crippen molar-refractivity contribution in [3.8, 4) is 0 Å². The van der Waals surface area contributed by atoms with Gasteiger partial charge in [-0.3, -0.25) is 5.10 Å². The van der Waals surface area contributed by atoms with Crippen molar-refractivity contribution < 1.29 is 0 Å². The molecule has 0 aliphatic carbocycles. The summed E-state index contributed by atoms with van der Waals surface area (Å²) in [5.74, 6) is 1.07. The second-order valence-corrected chi connectivity index (χ2v) is 6.29. The van der Waals surface area contributed by atoms with Gasteiger partial charge in [-0.25, -0.2) is 0 Å². The Bertz CT molecular complexity index is 747. The van der Waals surface area contributed by atoms with E-state index in [9.17, 15) is 0 Å². The predicted molar refractivity (Wildman–Crippen MR) is 95.2 cm³/mol. The fourth-order valence-corrected chi connectivity index (χ4v) is 2.93. The van der Waals surface area contributed by atoms with Gasteiger partial charge in [-0.1, -0.05) is 48.7 Å². The molecule has 8 heteroatoms. The van der Waals surface area contributed by atoms with Gasteiger partial charge < -0.3 is 0 Å². The SMILES string of the molecule is CCC(CC)c1n[nH]c(=S)n1/N=C\c1c(Cl)ccc(Cl)c1Cl. The lowest BCUT2D eigenvalue weighted by atomic mass is 10.0. The number of H-pyrrole nitrogens is 1. The molecule has 2 aromatic rings. The van der Waals surface area contributed by atoms with Crippen molar-refractivity contribution in [2.24, 2.45) is 5.10 Å². The van der Waals surface area contributed by atoms with Crippen LogP contribution >= 0.6 is 47.0 Å². The van der Waals surface area contributed by atoms with E-state index in [1.54, 1.807) is 23.0 Å². The number of aromatic nitrogens is 3. The van der Waals surface area contributed by atoms with Crippen LogP contribution in [0.25, 0.3) is 0 Å². The molecule has 1 aromatic carbocycles. The lowest BCUT2D eigenvalue weighted by Gasteiger charge is -2.10. The minimum absolute atomic E-state index is 0.274. The average Bonchev–Trinajstić information content (AvgIpc) is 2.86. The molecule has 0 spiro atoms. The molecule has 22 heavy (non-hydrogen) atoms. The van der Waals surface area contributed by atoms with Crippen molar-refractivity contribution in [2.75, 3.05) is 0 Å². The first-order valence-corrected chi connectivity index (χ1v) is 8.38. The molecule has 0 aliphatic rings. The molecular formula is C14H15Cl3N4S. The average molecular weight is 378 g/mol. The number of nitrogens with zero attached hydrogens (tertiary/aromatic N) is 3. The first kappa shape index (κ1) is 17.5. The smallest absolute Gasteiger partial charge is 0.216 e. The highest BCUT2D eigenvalue weighted by molar-refractivity contribution is 7.71. The van der Waals surface area contributed by atoms with Crippen LogP contribution in [0.3, 0.4) is 0 Å². The molecule has 118 valence electrons. The van der Waals surface area contributed by atoms with Gasteiger partial charge in [0.15, 0.2) is 5.82 Å². The first-order valence-electron chi connectivity index (χ1n) is 6.84. The summed E-state index contributed by atoms with van der Waals surface area (Å²) in [6, 6.07) is 3.32. The van der Waals surface area contributed by atoms with Crippen LogP contribution in [0.2, 0.25) is 15.1 Å². The van der Waals surface area contributed by atoms with Crippen LogP contribution in [0.1, 0.15) is 44.0 Å². The fraction of sp³-hybridized carbons (Fsp3) is 0.357. The van der Waals surface area contributed by atoms with E-state index in [0.717, 1.165) is 18.7 Å². The highest BCUT2D eigenvalue weighted by atomic mass is 35.5. The molecule has 0 unspecified atom stereocenters. The second-order valence-electron chi connectivity index (χ2n) is 4.71. The minimum atomic E-state index is 0.274. The van der Waals surface area contributed by atoms with E-state index in [1.807, 2.05) is 0 Å². The normalized spacial score (nSPS) is 11.7. The third kappa shape index (κ3) is 3.54. The molecule has 1 N–H and O–H groups in total. The van der Waals surface area contributed by atoms with Gasteiger partial charge in [0.05, 0.1) is 21.3 Å². The summed E-state index contributed by atoms with van der Waals surface area (Å²) in [7, 11) is 0. The topological polar surface area (TPSA) is 46.0 Å². The Morgan fingerprint density at radius 1 is 1.27 bits per heavy atom. The van der Waals surface area contributed by atoms with Crippen molar-refractivity contribution in [1.29, 1.82) is 0 Å². The fourth-order valence-electron chi connectivity index (χ4n) is 2.11. The number of hydrogen-bond acceptors (Lipinski definition) is 3. The Hall–Kier alpha value is -0.880. The first-order chi connectivity index (χ1) is 10.5. The van der Waals surface area contributed by atoms with Crippen molar-refractivity contribution in [2.45, 2.75) is 32.6 Å². The Balaban J connectivity index is 2.46. The van der Waals surface area contributed by atoms with Crippen LogP contribution in [0.15, 0.2) is 17.2 Å². The van der Waals surface area contributed by atoms with Gasteiger partial charge in [0, 0.05) is 11.5 Å². The molecule has 0 aliphatic heterocycles. The van der Waals surface area contributed by atoms with E-state index < -0.39 is 0 Å². The summed E-state index contributed by atoms with van der Waals surface area (Å²) < 4.78 is 2.02. The molecule has 0 bridgehead atoms. The summed E-state index contributed by atoms with van der Waals surface area (Å²) in [5, 5.41) is 12.7. The number of nitrogens with one attached hydrogen (secondary N) is 1. The van der Waals surface area contributed by atoms with E-state index >= 15 is 0 Å². The lowest BCUT2D eigenvalue weighted by Crippen LogP contribution is -2.05. The molecule has 2 rings (SSSR count). The zero-order valence-corrected chi connectivity index (χ0v) is 15.2. The van der Waals surface area contributed by atoms with Crippen LogP contribution in [0, 0.1) is 4.77 Å². The summed E-state index contributed by atoms with van der Waals surface area (Å²) in [6.07, 6.45) is 3.45. The van der Waals surface area contributed by atoms with Crippen molar-refractivity contribution >= 4 is 53.2 Å². The zero-order chi connectivity index (χ0) is 16.3. The Kier molecular flexibility index (Phi) is 6.03. The van der Waals surface area contributed by atoms with Gasteiger partial charge in [-0.2, -0.15) is 14.9 Å². The van der Waals surface area contributed by atoms with E-state index in [2.05, 4.69) is 29.1 Å².